The van der Waals surface area contributed by atoms with Crippen LogP contribution in [0.4, 0.5) is 0 Å². The fourth-order valence-corrected chi connectivity index (χ4v) is 5.58. The number of benzene rings is 4. The third kappa shape index (κ3) is 17.5. The van der Waals surface area contributed by atoms with Crippen molar-refractivity contribution in [3.05, 3.63) is 145 Å². The van der Waals surface area contributed by atoms with E-state index in [1.807, 2.05) is 48.5 Å². The number of carbonyl (C=O) groups is 4. The lowest BCUT2D eigenvalue weighted by molar-refractivity contribution is -0.138. The van der Waals surface area contributed by atoms with Crippen LogP contribution in [-0.4, -0.2) is 50.3 Å². The fourth-order valence-electron chi connectivity index (χ4n) is 5.58. The molecule has 0 N–H and O–H groups in total. The van der Waals surface area contributed by atoms with E-state index in [1.165, 1.54) is 6.08 Å². The molecular weight excluding hydrogens is 725 g/mol. The second-order valence-corrected chi connectivity index (χ2v) is 13.3. The van der Waals surface area contributed by atoms with E-state index in [1.54, 1.807) is 48.5 Å². The maximum Gasteiger partial charge on any atom is 0.343 e. The van der Waals surface area contributed by atoms with E-state index in [0.717, 1.165) is 79.9 Å². The van der Waals surface area contributed by atoms with E-state index in [-0.39, 0.29) is 18.4 Å². The lowest BCUT2D eigenvalue weighted by Gasteiger charge is -2.09. The molecule has 57 heavy (non-hydrogen) atoms. The zero-order valence-electron chi connectivity index (χ0n) is 32.5. The van der Waals surface area contributed by atoms with Crippen molar-refractivity contribution in [2.75, 3.05) is 26.4 Å². The second kappa shape index (κ2) is 25.1. The van der Waals surface area contributed by atoms with E-state index in [0.29, 0.717) is 62.1 Å². The molecule has 0 amide bonds. The predicted octanol–water partition coefficient (Wildman–Crippen LogP) is 9.37. The summed E-state index contributed by atoms with van der Waals surface area (Å²) in [6.45, 7) is 8.72. The quantitative estimate of drug-likeness (QED) is 0.0264. The Balaban J connectivity index is 1.08. The van der Waals surface area contributed by atoms with Gasteiger partial charge >= 0.3 is 23.9 Å². The topological polar surface area (TPSA) is 124 Å². The van der Waals surface area contributed by atoms with E-state index in [2.05, 4.69) is 13.2 Å². The number of aryl methyl sites for hydroxylation is 1. The molecule has 0 aliphatic heterocycles. The second-order valence-electron chi connectivity index (χ2n) is 13.3. The summed E-state index contributed by atoms with van der Waals surface area (Å²) in [7, 11) is 0. The Morgan fingerprint density at radius 3 is 1.33 bits per heavy atom. The molecule has 0 saturated carbocycles. The zero-order valence-corrected chi connectivity index (χ0v) is 32.5. The van der Waals surface area contributed by atoms with Crippen LogP contribution < -0.4 is 18.9 Å². The Hall–Kier alpha value is -6.16. The van der Waals surface area contributed by atoms with Crippen LogP contribution in [0.2, 0.25) is 0 Å². The number of ether oxygens (including phenoxy) is 6. The SMILES string of the molecule is C=CC(=O)OCCCCCCOc1ccc(CCC(=O)Oc2ccc(Cc3ccc(OC(=O)c4ccc(OCCCCCCOC(=O)C=C)cc4)cc3)cc2)cc1. The molecule has 0 bridgehead atoms. The lowest BCUT2D eigenvalue weighted by Crippen LogP contribution is -2.09. The van der Waals surface area contributed by atoms with Crippen LogP contribution >= 0.6 is 0 Å². The third-order valence-electron chi connectivity index (χ3n) is 8.77. The Labute approximate surface area is 335 Å². The van der Waals surface area contributed by atoms with Gasteiger partial charge in [-0.1, -0.05) is 49.6 Å². The van der Waals surface area contributed by atoms with Gasteiger partial charge in [-0.3, -0.25) is 4.79 Å². The first-order valence-corrected chi connectivity index (χ1v) is 19.4. The van der Waals surface area contributed by atoms with Crippen molar-refractivity contribution < 1.29 is 47.6 Å². The van der Waals surface area contributed by atoms with Gasteiger partial charge in [0.2, 0.25) is 0 Å². The summed E-state index contributed by atoms with van der Waals surface area (Å²) in [4.78, 5) is 47.3. The molecule has 300 valence electrons. The molecule has 0 saturated heterocycles. The van der Waals surface area contributed by atoms with E-state index < -0.39 is 11.9 Å². The molecule has 10 heteroatoms. The Morgan fingerprint density at radius 2 is 0.860 bits per heavy atom. The summed E-state index contributed by atoms with van der Waals surface area (Å²) in [5.74, 6) is 0.850. The molecule has 4 aromatic carbocycles. The van der Waals surface area contributed by atoms with Crippen molar-refractivity contribution >= 4 is 23.9 Å². The summed E-state index contributed by atoms with van der Waals surface area (Å²) in [5.41, 5.74) is 3.52. The monoisotopic (exact) mass is 776 g/mol. The summed E-state index contributed by atoms with van der Waals surface area (Å²) >= 11 is 0. The molecule has 0 aliphatic rings. The van der Waals surface area contributed by atoms with Crippen LogP contribution in [0.15, 0.2) is 122 Å². The summed E-state index contributed by atoms with van der Waals surface area (Å²) in [5, 5.41) is 0. The van der Waals surface area contributed by atoms with Crippen molar-refractivity contribution in [3.8, 4) is 23.0 Å². The van der Waals surface area contributed by atoms with Gasteiger partial charge in [0, 0.05) is 18.6 Å². The van der Waals surface area contributed by atoms with Crippen molar-refractivity contribution in [2.45, 2.75) is 70.6 Å². The Morgan fingerprint density at radius 1 is 0.456 bits per heavy atom. The van der Waals surface area contributed by atoms with Crippen LogP contribution in [0.5, 0.6) is 23.0 Å². The standard InChI is InChI=1S/C47H52O10/c1-3-44(48)54-33-11-7-5-9-31-52-40-22-13-36(14-23-40)19-30-46(50)56-42-24-15-37(16-25-42)35-38-17-26-43(27-18-38)57-47(51)39-20-28-41(29-21-39)53-32-10-6-8-12-34-55-45(49)4-2/h3-4,13-18,20-29H,1-2,5-12,19,30-35H2. The first kappa shape index (κ1) is 43.6. The van der Waals surface area contributed by atoms with Crippen LogP contribution in [0, 0.1) is 0 Å². The van der Waals surface area contributed by atoms with E-state index in [9.17, 15) is 19.2 Å². The van der Waals surface area contributed by atoms with Gasteiger partial charge in [0.05, 0.1) is 32.0 Å². The molecule has 0 aliphatic carbocycles. The van der Waals surface area contributed by atoms with Gasteiger partial charge in [-0.25, -0.2) is 14.4 Å². The van der Waals surface area contributed by atoms with Gasteiger partial charge in [0.25, 0.3) is 0 Å². The minimum atomic E-state index is -0.457. The molecule has 0 heterocycles. The highest BCUT2D eigenvalue weighted by atomic mass is 16.5. The molecule has 10 nitrogen and oxygen atoms in total. The maximum atomic E-state index is 12.7. The molecule has 0 aromatic heterocycles. The number of rotatable bonds is 26. The van der Waals surface area contributed by atoms with Gasteiger partial charge in [-0.2, -0.15) is 0 Å². The van der Waals surface area contributed by atoms with Crippen molar-refractivity contribution in [1.29, 1.82) is 0 Å². The van der Waals surface area contributed by atoms with Gasteiger partial charge in [0.15, 0.2) is 0 Å². The zero-order chi connectivity index (χ0) is 40.5. The third-order valence-corrected chi connectivity index (χ3v) is 8.77. The highest BCUT2D eigenvalue weighted by molar-refractivity contribution is 5.91. The predicted molar refractivity (Wildman–Crippen MR) is 218 cm³/mol. The molecule has 4 rings (SSSR count). The summed E-state index contributed by atoms with van der Waals surface area (Å²) < 4.78 is 32.7. The smallest absolute Gasteiger partial charge is 0.343 e. The van der Waals surface area contributed by atoms with Crippen LogP contribution in [0.25, 0.3) is 0 Å². The first-order valence-electron chi connectivity index (χ1n) is 19.4. The highest BCUT2D eigenvalue weighted by Gasteiger charge is 2.10. The molecule has 0 spiro atoms. The minimum Gasteiger partial charge on any atom is -0.494 e. The lowest BCUT2D eigenvalue weighted by atomic mass is 10.0. The van der Waals surface area contributed by atoms with E-state index >= 15 is 0 Å². The number of hydrogen-bond acceptors (Lipinski definition) is 10. The van der Waals surface area contributed by atoms with Gasteiger partial charge in [0.1, 0.15) is 23.0 Å². The van der Waals surface area contributed by atoms with Crippen molar-refractivity contribution in [3.63, 3.8) is 0 Å². The minimum absolute atomic E-state index is 0.252. The molecule has 0 fully saturated rings. The number of hydrogen-bond donors (Lipinski definition) is 0. The number of carbonyl (C=O) groups excluding carboxylic acids is 4. The van der Waals surface area contributed by atoms with Crippen LogP contribution in [0.3, 0.4) is 0 Å². The Bertz CT molecular complexity index is 1850. The summed E-state index contributed by atoms with van der Waals surface area (Å²) in [6.07, 6.45) is 11.0. The summed E-state index contributed by atoms with van der Waals surface area (Å²) in [6, 6.07) is 29.4. The largest absolute Gasteiger partial charge is 0.494 e. The normalized spacial score (nSPS) is 10.5. The molecular formula is C47H52O10. The molecule has 4 aromatic rings. The average molecular weight is 777 g/mol. The van der Waals surface area contributed by atoms with Crippen molar-refractivity contribution in [2.24, 2.45) is 0 Å². The van der Waals surface area contributed by atoms with Crippen LogP contribution in [0.1, 0.15) is 84.8 Å². The van der Waals surface area contributed by atoms with Crippen LogP contribution in [-0.2, 0) is 36.7 Å². The van der Waals surface area contributed by atoms with Crippen molar-refractivity contribution in [1.82, 2.24) is 0 Å². The highest BCUT2D eigenvalue weighted by Crippen LogP contribution is 2.21. The number of esters is 4. The Kier molecular flexibility index (Phi) is 19.2. The van der Waals surface area contributed by atoms with Gasteiger partial charge < -0.3 is 28.4 Å². The number of unbranched alkanes of at least 4 members (excludes halogenated alkanes) is 6. The average Bonchev–Trinajstić information content (AvgIpc) is 3.23. The van der Waals surface area contributed by atoms with E-state index in [4.69, 9.17) is 28.4 Å². The maximum absolute atomic E-state index is 12.7. The molecule has 0 atom stereocenters. The molecule has 0 radical (unpaired) electrons. The first-order chi connectivity index (χ1) is 27.8. The molecule has 0 unspecified atom stereocenters. The fraction of sp³-hybridized carbons (Fsp3) is 0.319. The van der Waals surface area contributed by atoms with Gasteiger partial charge in [-0.05, 0) is 142 Å². The van der Waals surface area contributed by atoms with Gasteiger partial charge in [-0.15, -0.1) is 0 Å².